The van der Waals surface area contributed by atoms with Gasteiger partial charge < -0.3 is 20.0 Å². The van der Waals surface area contributed by atoms with Gasteiger partial charge in [0.15, 0.2) is 0 Å². The van der Waals surface area contributed by atoms with E-state index in [1.165, 1.54) is 23.5 Å². The van der Waals surface area contributed by atoms with Crippen molar-refractivity contribution in [3.8, 4) is 0 Å². The Labute approximate surface area is 160 Å². The van der Waals surface area contributed by atoms with Gasteiger partial charge in [0.05, 0.1) is 0 Å². The monoisotopic (exact) mass is 370 g/mol. The molecule has 2 amide bonds. The van der Waals surface area contributed by atoms with Crippen molar-refractivity contribution in [1.82, 2.24) is 4.90 Å². The third-order valence-electron chi connectivity index (χ3n) is 5.01. The molecule has 2 aromatic rings. The zero-order chi connectivity index (χ0) is 19.2. The molecule has 3 rings (SSSR count). The molecule has 2 aromatic carbocycles. The number of carbonyl (C=O) groups excluding carboxylic acids is 1. The van der Waals surface area contributed by atoms with Gasteiger partial charge in [0, 0.05) is 56.3 Å². The zero-order valence-corrected chi connectivity index (χ0v) is 16.0. The molecule has 1 saturated heterocycles. The maximum absolute atomic E-state index is 13.0. The number of hydrogen-bond acceptors (Lipinski definition) is 3. The van der Waals surface area contributed by atoms with Gasteiger partial charge in [0.25, 0.3) is 0 Å². The smallest absolute Gasteiger partial charge is 0.321 e. The maximum Gasteiger partial charge on any atom is 0.321 e. The van der Waals surface area contributed by atoms with Gasteiger partial charge in [-0.3, -0.25) is 0 Å². The first kappa shape index (κ1) is 19.0. The minimum Gasteiger partial charge on any atom is -0.372 e. The Morgan fingerprint density at radius 3 is 2.11 bits per heavy atom. The molecule has 1 heterocycles. The van der Waals surface area contributed by atoms with Gasteiger partial charge in [0.1, 0.15) is 5.82 Å². The van der Waals surface area contributed by atoms with E-state index in [4.69, 9.17) is 0 Å². The third kappa shape index (κ3) is 4.70. The molecule has 1 aliphatic rings. The topological polar surface area (TPSA) is 38.8 Å². The average Bonchev–Trinajstić information content (AvgIpc) is 2.71. The van der Waals surface area contributed by atoms with Gasteiger partial charge in [-0.05, 0) is 62.4 Å². The molecule has 6 heteroatoms. The molecule has 144 valence electrons. The summed E-state index contributed by atoms with van der Waals surface area (Å²) < 4.78 is 13.0. The number of nitrogens with zero attached hydrogens (tertiary/aromatic N) is 3. The molecule has 1 aliphatic heterocycles. The van der Waals surface area contributed by atoms with Gasteiger partial charge in [-0.15, -0.1) is 0 Å². The Morgan fingerprint density at radius 1 is 0.963 bits per heavy atom. The molecule has 0 atom stereocenters. The largest absolute Gasteiger partial charge is 0.372 e. The van der Waals surface area contributed by atoms with Crippen molar-refractivity contribution in [2.24, 2.45) is 0 Å². The van der Waals surface area contributed by atoms with Crippen molar-refractivity contribution in [2.75, 3.05) is 54.4 Å². The van der Waals surface area contributed by atoms with Crippen molar-refractivity contribution in [2.45, 2.75) is 13.8 Å². The molecule has 0 bridgehead atoms. The van der Waals surface area contributed by atoms with Gasteiger partial charge in [-0.25, -0.2) is 9.18 Å². The van der Waals surface area contributed by atoms with Crippen LogP contribution in [0.3, 0.4) is 0 Å². The minimum absolute atomic E-state index is 0.141. The predicted molar refractivity (Wildman–Crippen MR) is 109 cm³/mol. The number of urea groups is 1. The second-order valence-corrected chi connectivity index (χ2v) is 6.60. The summed E-state index contributed by atoms with van der Waals surface area (Å²) in [6, 6.07) is 14.3. The zero-order valence-electron chi connectivity index (χ0n) is 16.0. The number of anilines is 3. The summed E-state index contributed by atoms with van der Waals surface area (Å²) >= 11 is 0. The van der Waals surface area contributed by atoms with Crippen LogP contribution in [0, 0.1) is 5.82 Å². The Hall–Kier alpha value is -2.76. The summed E-state index contributed by atoms with van der Waals surface area (Å²) in [4.78, 5) is 18.8. The fraction of sp³-hybridized carbons (Fsp3) is 0.381. The Kier molecular flexibility index (Phi) is 6.16. The third-order valence-corrected chi connectivity index (χ3v) is 5.01. The summed E-state index contributed by atoms with van der Waals surface area (Å²) in [7, 11) is 0. The van der Waals surface area contributed by atoms with Crippen LogP contribution < -0.4 is 15.1 Å². The van der Waals surface area contributed by atoms with Crippen LogP contribution in [0.5, 0.6) is 0 Å². The highest BCUT2D eigenvalue weighted by atomic mass is 19.1. The van der Waals surface area contributed by atoms with E-state index in [1.54, 1.807) is 17.0 Å². The number of piperazine rings is 1. The number of benzene rings is 2. The van der Waals surface area contributed by atoms with Crippen LogP contribution in [0.4, 0.5) is 26.2 Å². The predicted octanol–water partition coefficient (Wildman–Crippen LogP) is 4.03. The lowest BCUT2D eigenvalue weighted by molar-refractivity contribution is 0.208. The molecule has 5 nitrogen and oxygen atoms in total. The lowest BCUT2D eigenvalue weighted by Crippen LogP contribution is -2.50. The molecule has 0 aliphatic carbocycles. The highest BCUT2D eigenvalue weighted by molar-refractivity contribution is 5.89. The molecule has 27 heavy (non-hydrogen) atoms. The van der Waals surface area contributed by atoms with E-state index in [-0.39, 0.29) is 11.8 Å². The summed E-state index contributed by atoms with van der Waals surface area (Å²) in [6.45, 7) is 9.22. The molecular formula is C21H27FN4O. The number of halogens is 1. The molecular weight excluding hydrogens is 343 g/mol. The number of carbonyl (C=O) groups is 1. The molecule has 1 N–H and O–H groups in total. The second-order valence-electron chi connectivity index (χ2n) is 6.60. The van der Waals surface area contributed by atoms with Crippen molar-refractivity contribution in [1.29, 1.82) is 0 Å². The number of rotatable bonds is 5. The molecule has 0 spiro atoms. The summed E-state index contributed by atoms with van der Waals surface area (Å²) in [6.07, 6.45) is 0. The first-order chi connectivity index (χ1) is 13.1. The maximum atomic E-state index is 13.0. The Morgan fingerprint density at radius 2 is 1.56 bits per heavy atom. The number of amides is 2. The van der Waals surface area contributed by atoms with E-state index in [2.05, 4.69) is 53.2 Å². The second kappa shape index (κ2) is 8.75. The van der Waals surface area contributed by atoms with E-state index >= 15 is 0 Å². The number of hydrogen-bond donors (Lipinski definition) is 1. The summed E-state index contributed by atoms with van der Waals surface area (Å²) in [5, 5.41) is 2.82. The van der Waals surface area contributed by atoms with Gasteiger partial charge in [0.2, 0.25) is 0 Å². The average molecular weight is 370 g/mol. The van der Waals surface area contributed by atoms with E-state index in [9.17, 15) is 9.18 Å². The first-order valence-corrected chi connectivity index (χ1v) is 9.52. The molecule has 1 fully saturated rings. The van der Waals surface area contributed by atoms with Crippen molar-refractivity contribution < 1.29 is 9.18 Å². The lowest BCUT2D eigenvalue weighted by Gasteiger charge is -2.36. The highest BCUT2D eigenvalue weighted by Gasteiger charge is 2.21. The standard InChI is InChI=1S/C21H27FN4O/c1-3-24(4-2)19-9-11-20(12-10-19)25-13-15-26(16-14-25)21(27)23-18-7-5-17(22)6-8-18/h5-12H,3-4,13-16H2,1-2H3,(H,23,27). The highest BCUT2D eigenvalue weighted by Crippen LogP contribution is 2.22. The number of nitrogens with one attached hydrogen (secondary N) is 1. The van der Waals surface area contributed by atoms with Crippen molar-refractivity contribution in [3.05, 3.63) is 54.3 Å². The first-order valence-electron chi connectivity index (χ1n) is 9.52. The fourth-order valence-corrected chi connectivity index (χ4v) is 3.37. The van der Waals surface area contributed by atoms with Crippen LogP contribution >= 0.6 is 0 Å². The lowest BCUT2D eigenvalue weighted by atomic mass is 10.2. The Bertz CT molecular complexity index is 736. The summed E-state index contributed by atoms with van der Waals surface area (Å²) in [5.74, 6) is -0.311. The SMILES string of the molecule is CCN(CC)c1ccc(N2CCN(C(=O)Nc3ccc(F)cc3)CC2)cc1. The molecule has 0 aromatic heterocycles. The Balaban J connectivity index is 1.53. The van der Waals surface area contributed by atoms with Gasteiger partial charge >= 0.3 is 6.03 Å². The molecule has 0 unspecified atom stereocenters. The van der Waals surface area contributed by atoms with E-state index in [0.29, 0.717) is 18.8 Å². The van der Waals surface area contributed by atoms with Crippen LogP contribution in [0.1, 0.15) is 13.8 Å². The van der Waals surface area contributed by atoms with E-state index < -0.39 is 0 Å². The fourth-order valence-electron chi connectivity index (χ4n) is 3.37. The summed E-state index contributed by atoms with van der Waals surface area (Å²) in [5.41, 5.74) is 3.03. The van der Waals surface area contributed by atoms with Crippen LogP contribution in [-0.2, 0) is 0 Å². The van der Waals surface area contributed by atoms with Crippen LogP contribution in [-0.4, -0.2) is 50.2 Å². The molecule has 0 saturated carbocycles. The van der Waals surface area contributed by atoms with E-state index in [0.717, 1.165) is 26.2 Å². The van der Waals surface area contributed by atoms with Gasteiger partial charge in [-0.2, -0.15) is 0 Å². The normalized spacial score (nSPS) is 14.2. The van der Waals surface area contributed by atoms with Crippen LogP contribution in [0.25, 0.3) is 0 Å². The van der Waals surface area contributed by atoms with Crippen LogP contribution in [0.15, 0.2) is 48.5 Å². The molecule has 0 radical (unpaired) electrons. The van der Waals surface area contributed by atoms with Crippen molar-refractivity contribution >= 4 is 23.1 Å². The van der Waals surface area contributed by atoms with Gasteiger partial charge in [-0.1, -0.05) is 0 Å². The minimum atomic E-state index is -0.311. The van der Waals surface area contributed by atoms with Crippen molar-refractivity contribution in [3.63, 3.8) is 0 Å². The van der Waals surface area contributed by atoms with Crippen LogP contribution in [0.2, 0.25) is 0 Å². The van der Waals surface area contributed by atoms with E-state index in [1.807, 2.05) is 0 Å². The quantitative estimate of drug-likeness (QED) is 0.864.